The molecule has 0 aliphatic rings. The van der Waals surface area contributed by atoms with Gasteiger partial charge in [0.2, 0.25) is 0 Å². The van der Waals surface area contributed by atoms with Crippen molar-refractivity contribution in [3.63, 3.8) is 0 Å². The standard InChI is InChI=1S/C15H10BrClFN/c16-14-8-13(18)3-1-11(14)9-19-6-5-10-7-12(17)2-4-15(10)19/h1-8H,9H2. The SMILES string of the molecule is Fc1ccc(Cn2ccc3cc(Cl)ccc32)c(Br)c1. The summed E-state index contributed by atoms with van der Waals surface area (Å²) in [4.78, 5) is 0. The second-order valence-electron chi connectivity index (χ2n) is 4.38. The van der Waals surface area contributed by atoms with Gasteiger partial charge in [0.1, 0.15) is 5.82 Å². The quantitative estimate of drug-likeness (QED) is 0.602. The minimum absolute atomic E-state index is 0.236. The summed E-state index contributed by atoms with van der Waals surface area (Å²) in [7, 11) is 0. The molecule has 0 atom stereocenters. The molecule has 0 saturated carbocycles. The molecule has 0 radical (unpaired) electrons. The molecule has 1 heterocycles. The number of benzene rings is 2. The van der Waals surface area contributed by atoms with E-state index in [0.29, 0.717) is 6.54 Å². The van der Waals surface area contributed by atoms with Crippen molar-refractivity contribution in [1.82, 2.24) is 4.57 Å². The predicted octanol–water partition coefficient (Wildman–Crippen LogP) is 5.24. The topological polar surface area (TPSA) is 4.93 Å². The lowest BCUT2D eigenvalue weighted by molar-refractivity contribution is 0.625. The fraction of sp³-hybridized carbons (Fsp3) is 0.0667. The Labute approximate surface area is 123 Å². The Hall–Kier alpha value is -1.32. The summed E-state index contributed by atoms with van der Waals surface area (Å²) in [6, 6.07) is 12.6. The van der Waals surface area contributed by atoms with Crippen LogP contribution in [-0.2, 0) is 6.54 Å². The largest absolute Gasteiger partial charge is 0.343 e. The Balaban J connectivity index is 2.01. The maximum atomic E-state index is 13.1. The average molecular weight is 339 g/mol. The first-order valence-electron chi connectivity index (χ1n) is 5.82. The van der Waals surface area contributed by atoms with Crippen LogP contribution in [0.3, 0.4) is 0 Å². The van der Waals surface area contributed by atoms with Crippen LogP contribution < -0.4 is 0 Å². The van der Waals surface area contributed by atoms with Crippen LogP contribution >= 0.6 is 27.5 Å². The van der Waals surface area contributed by atoms with E-state index in [1.807, 2.05) is 30.5 Å². The lowest BCUT2D eigenvalue weighted by Crippen LogP contribution is -1.99. The third-order valence-corrected chi connectivity index (χ3v) is 4.06. The van der Waals surface area contributed by atoms with Crippen molar-refractivity contribution >= 4 is 38.4 Å². The zero-order chi connectivity index (χ0) is 13.4. The summed E-state index contributed by atoms with van der Waals surface area (Å²) in [6.45, 7) is 0.687. The summed E-state index contributed by atoms with van der Waals surface area (Å²) >= 11 is 9.37. The normalized spacial score (nSPS) is 11.1. The molecule has 0 amide bonds. The lowest BCUT2D eigenvalue weighted by Gasteiger charge is -2.08. The van der Waals surface area contributed by atoms with E-state index < -0.39 is 0 Å². The van der Waals surface area contributed by atoms with Crippen LogP contribution in [0.5, 0.6) is 0 Å². The Kier molecular flexibility index (Phi) is 3.33. The van der Waals surface area contributed by atoms with Crippen LogP contribution in [0.25, 0.3) is 10.9 Å². The highest BCUT2D eigenvalue weighted by Crippen LogP contribution is 2.24. The molecule has 3 aromatic rings. The predicted molar refractivity (Wildman–Crippen MR) is 80.2 cm³/mol. The first kappa shape index (κ1) is 12.7. The molecule has 0 bridgehead atoms. The number of halogens is 3. The number of aromatic nitrogens is 1. The Morgan fingerprint density at radius 3 is 2.74 bits per heavy atom. The van der Waals surface area contributed by atoms with Crippen LogP contribution in [0.15, 0.2) is 53.1 Å². The molecule has 96 valence electrons. The summed E-state index contributed by atoms with van der Waals surface area (Å²) in [6.07, 6.45) is 2.01. The average Bonchev–Trinajstić information content (AvgIpc) is 2.75. The van der Waals surface area contributed by atoms with E-state index in [-0.39, 0.29) is 5.82 Å². The Bertz CT molecular complexity index is 751. The smallest absolute Gasteiger partial charge is 0.124 e. The second kappa shape index (κ2) is 4.99. The highest BCUT2D eigenvalue weighted by atomic mass is 79.9. The molecule has 4 heteroatoms. The fourth-order valence-corrected chi connectivity index (χ4v) is 2.80. The van der Waals surface area contributed by atoms with Gasteiger partial charge >= 0.3 is 0 Å². The van der Waals surface area contributed by atoms with Gasteiger partial charge in [-0.3, -0.25) is 0 Å². The summed E-state index contributed by atoms with van der Waals surface area (Å²) in [5.41, 5.74) is 2.15. The highest BCUT2D eigenvalue weighted by molar-refractivity contribution is 9.10. The van der Waals surface area contributed by atoms with Crippen molar-refractivity contribution in [3.8, 4) is 0 Å². The molecule has 0 aliphatic heterocycles. The molecular weight excluding hydrogens is 329 g/mol. The molecule has 1 nitrogen and oxygen atoms in total. The van der Waals surface area contributed by atoms with E-state index in [1.54, 1.807) is 6.07 Å². The number of fused-ring (bicyclic) bond motifs is 1. The molecule has 19 heavy (non-hydrogen) atoms. The van der Waals surface area contributed by atoms with E-state index in [0.717, 1.165) is 26.0 Å². The van der Waals surface area contributed by atoms with E-state index in [2.05, 4.69) is 20.5 Å². The van der Waals surface area contributed by atoms with Crippen molar-refractivity contribution in [2.24, 2.45) is 0 Å². The third-order valence-electron chi connectivity index (χ3n) is 3.09. The molecule has 0 N–H and O–H groups in total. The van der Waals surface area contributed by atoms with Gasteiger partial charge in [-0.05, 0) is 42.0 Å². The molecule has 0 fully saturated rings. The number of hydrogen-bond acceptors (Lipinski definition) is 0. The van der Waals surface area contributed by atoms with E-state index in [4.69, 9.17) is 11.6 Å². The van der Waals surface area contributed by atoms with Gasteiger partial charge in [-0.25, -0.2) is 4.39 Å². The van der Waals surface area contributed by atoms with E-state index in [9.17, 15) is 4.39 Å². The van der Waals surface area contributed by atoms with Crippen molar-refractivity contribution < 1.29 is 4.39 Å². The molecule has 2 aromatic carbocycles. The lowest BCUT2D eigenvalue weighted by atomic mass is 10.2. The number of hydrogen-bond donors (Lipinski definition) is 0. The summed E-state index contributed by atoms with van der Waals surface area (Å²) in [5, 5.41) is 1.83. The van der Waals surface area contributed by atoms with Crippen LogP contribution in [-0.4, -0.2) is 4.57 Å². The summed E-state index contributed by atoms with van der Waals surface area (Å²) < 4.78 is 16.0. The zero-order valence-electron chi connectivity index (χ0n) is 9.91. The number of nitrogens with zero attached hydrogens (tertiary/aromatic N) is 1. The monoisotopic (exact) mass is 337 g/mol. The van der Waals surface area contributed by atoms with Crippen molar-refractivity contribution in [2.45, 2.75) is 6.54 Å². The van der Waals surface area contributed by atoms with Gasteiger partial charge in [0, 0.05) is 33.1 Å². The van der Waals surface area contributed by atoms with Gasteiger partial charge in [-0.1, -0.05) is 33.6 Å². The van der Waals surface area contributed by atoms with Crippen molar-refractivity contribution in [3.05, 3.63) is 69.5 Å². The molecule has 0 saturated heterocycles. The zero-order valence-corrected chi connectivity index (χ0v) is 12.2. The molecular formula is C15H10BrClFN. The van der Waals surface area contributed by atoms with Gasteiger partial charge in [0.05, 0.1) is 0 Å². The summed E-state index contributed by atoms with van der Waals surface area (Å²) in [5.74, 6) is -0.236. The van der Waals surface area contributed by atoms with Crippen LogP contribution in [0, 0.1) is 5.82 Å². The fourth-order valence-electron chi connectivity index (χ4n) is 2.14. The van der Waals surface area contributed by atoms with Gasteiger partial charge in [0.25, 0.3) is 0 Å². The minimum Gasteiger partial charge on any atom is -0.343 e. The molecule has 0 unspecified atom stereocenters. The molecule has 3 rings (SSSR count). The minimum atomic E-state index is -0.236. The van der Waals surface area contributed by atoms with E-state index in [1.165, 1.54) is 12.1 Å². The Morgan fingerprint density at radius 1 is 1.11 bits per heavy atom. The third kappa shape index (κ3) is 2.53. The molecule has 1 aromatic heterocycles. The molecule has 0 spiro atoms. The van der Waals surface area contributed by atoms with Crippen molar-refractivity contribution in [2.75, 3.05) is 0 Å². The van der Waals surface area contributed by atoms with Crippen LogP contribution in [0.4, 0.5) is 4.39 Å². The van der Waals surface area contributed by atoms with Gasteiger partial charge < -0.3 is 4.57 Å². The van der Waals surface area contributed by atoms with Gasteiger partial charge in [0.15, 0.2) is 0 Å². The maximum Gasteiger partial charge on any atom is 0.124 e. The first-order valence-corrected chi connectivity index (χ1v) is 6.99. The number of rotatable bonds is 2. The Morgan fingerprint density at radius 2 is 1.95 bits per heavy atom. The van der Waals surface area contributed by atoms with E-state index >= 15 is 0 Å². The first-order chi connectivity index (χ1) is 9.13. The maximum absolute atomic E-state index is 13.1. The van der Waals surface area contributed by atoms with Crippen LogP contribution in [0.1, 0.15) is 5.56 Å². The van der Waals surface area contributed by atoms with Crippen molar-refractivity contribution in [1.29, 1.82) is 0 Å². The highest BCUT2D eigenvalue weighted by Gasteiger charge is 2.06. The van der Waals surface area contributed by atoms with Crippen LogP contribution in [0.2, 0.25) is 5.02 Å². The van der Waals surface area contributed by atoms with Gasteiger partial charge in [-0.2, -0.15) is 0 Å². The molecule has 0 aliphatic carbocycles. The van der Waals surface area contributed by atoms with Gasteiger partial charge in [-0.15, -0.1) is 0 Å². The second-order valence-corrected chi connectivity index (χ2v) is 5.67.